The van der Waals surface area contributed by atoms with E-state index in [1.807, 2.05) is 0 Å². The van der Waals surface area contributed by atoms with E-state index >= 15 is 0 Å². The second-order valence-electron chi connectivity index (χ2n) is 17.7. The molecule has 0 aromatic heterocycles. The minimum atomic E-state index is -0.142. The van der Waals surface area contributed by atoms with Gasteiger partial charge in [-0.2, -0.15) is 0 Å². The first-order chi connectivity index (χ1) is 29.8. The van der Waals surface area contributed by atoms with E-state index in [1.54, 1.807) is 0 Å². The highest BCUT2D eigenvalue weighted by Gasteiger charge is 2.37. The van der Waals surface area contributed by atoms with Crippen LogP contribution in [0.4, 0.5) is 17.1 Å². The minimum Gasteiger partial charge on any atom is -0.310 e. The van der Waals surface area contributed by atoms with Crippen LogP contribution in [-0.2, 0) is 10.8 Å². The van der Waals surface area contributed by atoms with Crippen LogP contribution in [0.25, 0.3) is 66.8 Å². The monoisotopic (exact) mass is 781 g/mol. The van der Waals surface area contributed by atoms with Gasteiger partial charge in [-0.25, -0.2) is 0 Å². The third kappa shape index (κ3) is 5.99. The molecule has 0 amide bonds. The minimum absolute atomic E-state index is 0.0579. The van der Waals surface area contributed by atoms with Gasteiger partial charge in [0.1, 0.15) is 0 Å². The maximum absolute atomic E-state index is 2.49. The van der Waals surface area contributed by atoms with Crippen molar-refractivity contribution in [2.45, 2.75) is 38.5 Å². The lowest BCUT2D eigenvalue weighted by Crippen LogP contribution is -2.17. The van der Waals surface area contributed by atoms with Crippen LogP contribution >= 0.6 is 0 Å². The molecule has 2 aliphatic rings. The molecule has 9 aromatic rings. The van der Waals surface area contributed by atoms with Crippen LogP contribution in [0.15, 0.2) is 212 Å². The number of rotatable bonds is 7. The van der Waals surface area contributed by atoms with Crippen molar-refractivity contribution in [3.63, 3.8) is 0 Å². The molecule has 1 heteroatoms. The zero-order valence-electron chi connectivity index (χ0n) is 35.2. The summed E-state index contributed by atoms with van der Waals surface area (Å²) in [6, 6.07) is 78.6. The lowest BCUT2D eigenvalue weighted by Gasteiger charge is -2.31. The third-order valence-electron chi connectivity index (χ3n) is 13.5. The van der Waals surface area contributed by atoms with Gasteiger partial charge in [-0.1, -0.05) is 198 Å². The van der Waals surface area contributed by atoms with Crippen molar-refractivity contribution < 1.29 is 0 Å². The van der Waals surface area contributed by atoms with E-state index in [9.17, 15) is 0 Å². The number of hydrogen-bond acceptors (Lipinski definition) is 1. The Morgan fingerprint density at radius 3 is 1.39 bits per heavy atom. The second kappa shape index (κ2) is 14.2. The Bertz CT molecular complexity index is 3120. The van der Waals surface area contributed by atoms with Crippen LogP contribution in [0, 0.1) is 0 Å². The Labute approximate surface area is 360 Å². The summed E-state index contributed by atoms with van der Waals surface area (Å²) < 4.78 is 0. The first-order valence-corrected chi connectivity index (χ1v) is 21.5. The largest absolute Gasteiger partial charge is 0.310 e. The number of hydrogen-bond donors (Lipinski definition) is 0. The summed E-state index contributed by atoms with van der Waals surface area (Å²) in [6.07, 6.45) is 0. The molecule has 2 aliphatic carbocycles. The lowest BCUT2D eigenvalue weighted by molar-refractivity contribution is 0.660. The molecule has 11 rings (SSSR count). The van der Waals surface area contributed by atoms with Crippen molar-refractivity contribution in [1.29, 1.82) is 0 Å². The smallest absolute Gasteiger partial charge is 0.0546 e. The molecule has 0 spiro atoms. The van der Waals surface area contributed by atoms with Crippen molar-refractivity contribution in [3.05, 3.63) is 235 Å². The number of benzene rings is 9. The van der Waals surface area contributed by atoms with Crippen LogP contribution in [0.1, 0.15) is 49.9 Å². The number of anilines is 3. The highest BCUT2D eigenvalue weighted by Crippen LogP contribution is 2.53. The molecule has 61 heavy (non-hydrogen) atoms. The molecule has 0 unspecified atom stereocenters. The summed E-state index contributed by atoms with van der Waals surface area (Å²) in [7, 11) is 0. The average molecular weight is 782 g/mol. The molecular weight excluding hydrogens is 735 g/mol. The summed E-state index contributed by atoms with van der Waals surface area (Å²) in [6.45, 7) is 9.45. The second-order valence-corrected chi connectivity index (χ2v) is 17.7. The quantitative estimate of drug-likeness (QED) is 0.156. The predicted molar refractivity (Wildman–Crippen MR) is 258 cm³/mol. The first-order valence-electron chi connectivity index (χ1n) is 21.5. The van der Waals surface area contributed by atoms with Crippen molar-refractivity contribution in [1.82, 2.24) is 0 Å². The summed E-state index contributed by atoms with van der Waals surface area (Å²) in [4.78, 5) is 2.49. The third-order valence-corrected chi connectivity index (χ3v) is 13.5. The topological polar surface area (TPSA) is 3.24 Å². The first kappa shape index (κ1) is 36.8. The molecule has 9 aromatic carbocycles. The predicted octanol–water partition coefficient (Wildman–Crippen LogP) is 16.4. The van der Waals surface area contributed by atoms with Crippen molar-refractivity contribution in [3.8, 4) is 66.8 Å². The maximum Gasteiger partial charge on any atom is 0.0546 e. The fourth-order valence-electron chi connectivity index (χ4n) is 10.3. The van der Waals surface area contributed by atoms with Gasteiger partial charge in [0.25, 0.3) is 0 Å². The Morgan fingerprint density at radius 1 is 0.279 bits per heavy atom. The highest BCUT2D eigenvalue weighted by molar-refractivity contribution is 5.98. The standard InChI is InChI=1S/C60H47N/c1-59(2)53-26-13-11-23-49(53)51-35-31-44(38-55(51)59)41-29-32-46(33-30-41)61(47-34-36-52-50-24-12-14-27-54(50)60(3,4)56(52)39-47)57-28-16-25-48(42-19-9-6-10-20-42)58(57)45-22-15-21-43(37-45)40-17-7-5-8-18-40/h5-39H,1-4H3. The molecule has 0 saturated carbocycles. The molecule has 0 saturated heterocycles. The van der Waals surface area contributed by atoms with Crippen molar-refractivity contribution in [2.75, 3.05) is 4.90 Å². The van der Waals surface area contributed by atoms with Gasteiger partial charge in [-0.05, 0) is 126 Å². The molecule has 1 nitrogen and oxygen atoms in total. The SMILES string of the molecule is CC1(C)c2ccccc2-c2ccc(-c3ccc(N(c4ccc5c(c4)C(C)(C)c4ccccc4-5)c4cccc(-c5ccccc5)c4-c4cccc(-c5ccccc5)c4)cc3)cc21. The van der Waals surface area contributed by atoms with Gasteiger partial charge < -0.3 is 4.90 Å². The summed E-state index contributed by atoms with van der Waals surface area (Å²) in [5, 5.41) is 0. The molecule has 0 fully saturated rings. The van der Waals surface area contributed by atoms with E-state index in [-0.39, 0.29) is 10.8 Å². The summed E-state index contributed by atoms with van der Waals surface area (Å²) >= 11 is 0. The zero-order valence-corrected chi connectivity index (χ0v) is 35.2. The Hall–Kier alpha value is -7.22. The van der Waals surface area contributed by atoms with Crippen LogP contribution in [-0.4, -0.2) is 0 Å². The van der Waals surface area contributed by atoms with Crippen LogP contribution in [0.3, 0.4) is 0 Å². The van der Waals surface area contributed by atoms with Gasteiger partial charge in [-0.15, -0.1) is 0 Å². The van der Waals surface area contributed by atoms with Gasteiger partial charge in [0.15, 0.2) is 0 Å². The summed E-state index contributed by atoms with van der Waals surface area (Å²) in [5.41, 5.74) is 23.6. The fraction of sp³-hybridized carbons (Fsp3) is 0.100. The number of fused-ring (bicyclic) bond motifs is 6. The van der Waals surface area contributed by atoms with Crippen molar-refractivity contribution >= 4 is 17.1 Å². The summed E-state index contributed by atoms with van der Waals surface area (Å²) in [5.74, 6) is 0. The normalized spacial score (nSPS) is 13.8. The van der Waals surface area contributed by atoms with E-state index in [4.69, 9.17) is 0 Å². The van der Waals surface area contributed by atoms with Crippen LogP contribution in [0.2, 0.25) is 0 Å². The molecule has 0 atom stereocenters. The maximum atomic E-state index is 2.49. The Balaban J connectivity index is 1.10. The van der Waals surface area contributed by atoms with Crippen LogP contribution in [0.5, 0.6) is 0 Å². The van der Waals surface area contributed by atoms with Gasteiger partial charge in [0.2, 0.25) is 0 Å². The highest BCUT2D eigenvalue weighted by atomic mass is 15.1. The van der Waals surface area contributed by atoms with E-state index in [0.717, 1.165) is 17.1 Å². The Kier molecular flexibility index (Phi) is 8.58. The van der Waals surface area contributed by atoms with E-state index < -0.39 is 0 Å². The van der Waals surface area contributed by atoms with Gasteiger partial charge in [0.05, 0.1) is 5.69 Å². The molecule has 292 valence electrons. The fourth-order valence-corrected chi connectivity index (χ4v) is 10.3. The average Bonchev–Trinajstić information content (AvgIpc) is 3.69. The molecule has 0 bridgehead atoms. The molecule has 0 aliphatic heterocycles. The molecule has 0 heterocycles. The molecular formula is C60H47N. The zero-order chi connectivity index (χ0) is 41.3. The number of nitrogens with zero attached hydrogens (tertiary/aromatic N) is 1. The van der Waals surface area contributed by atoms with Gasteiger partial charge in [-0.3, -0.25) is 0 Å². The van der Waals surface area contributed by atoms with E-state index in [0.29, 0.717) is 0 Å². The molecule has 0 N–H and O–H groups in total. The Morgan fingerprint density at radius 2 is 0.721 bits per heavy atom. The van der Waals surface area contributed by atoms with Gasteiger partial charge >= 0.3 is 0 Å². The lowest BCUT2D eigenvalue weighted by atomic mass is 9.81. The van der Waals surface area contributed by atoms with Crippen LogP contribution < -0.4 is 4.90 Å². The van der Waals surface area contributed by atoms with Gasteiger partial charge in [0, 0.05) is 27.8 Å². The van der Waals surface area contributed by atoms with Crippen molar-refractivity contribution in [2.24, 2.45) is 0 Å². The molecule has 0 radical (unpaired) electrons. The van der Waals surface area contributed by atoms with E-state index in [1.165, 1.54) is 89.0 Å². The van der Waals surface area contributed by atoms with E-state index in [2.05, 4.69) is 245 Å².